The molecule has 3 aromatic rings. The number of nitrogens with zero attached hydrogens (tertiary/aromatic N) is 4. The first kappa shape index (κ1) is 11.0. The monoisotopic (exact) mass is 263 g/mol. The van der Waals surface area contributed by atoms with Gasteiger partial charge in [-0.25, -0.2) is 4.68 Å². The average molecular weight is 264 g/mol. The lowest BCUT2D eigenvalue weighted by atomic mass is 10.2. The van der Waals surface area contributed by atoms with E-state index in [-0.39, 0.29) is 0 Å². The molecule has 0 amide bonds. The van der Waals surface area contributed by atoms with E-state index in [1.807, 2.05) is 24.3 Å². The zero-order valence-electron chi connectivity index (χ0n) is 9.59. The molecular weight excluding hydrogens is 254 g/mol. The largest absolute Gasteiger partial charge is 0.497 e. The van der Waals surface area contributed by atoms with Gasteiger partial charge in [-0.3, -0.25) is 5.10 Å². The van der Waals surface area contributed by atoms with Crippen molar-refractivity contribution in [1.29, 1.82) is 0 Å². The molecule has 1 aromatic carbocycles. The van der Waals surface area contributed by atoms with Gasteiger partial charge in [-0.15, -0.1) is 5.10 Å². The number of aromatic nitrogens is 5. The summed E-state index contributed by atoms with van der Waals surface area (Å²) in [5.41, 5.74) is 2.32. The van der Waals surface area contributed by atoms with Gasteiger partial charge in [-0.05, 0) is 17.7 Å². The van der Waals surface area contributed by atoms with Gasteiger partial charge in [0.05, 0.1) is 13.7 Å². The van der Waals surface area contributed by atoms with E-state index in [9.17, 15) is 0 Å². The Morgan fingerprint density at radius 1 is 1.33 bits per heavy atom. The molecule has 0 saturated heterocycles. The molecule has 0 spiro atoms. The summed E-state index contributed by atoms with van der Waals surface area (Å²) >= 11 is 5.88. The molecule has 7 heteroatoms. The van der Waals surface area contributed by atoms with E-state index in [1.165, 1.54) is 0 Å². The molecule has 3 rings (SSSR count). The number of fused-ring (bicyclic) bond motifs is 1. The summed E-state index contributed by atoms with van der Waals surface area (Å²) in [6.07, 6.45) is 0. The predicted molar refractivity (Wildman–Crippen MR) is 66.8 cm³/mol. The minimum Gasteiger partial charge on any atom is -0.497 e. The van der Waals surface area contributed by atoms with Crippen LogP contribution in [0, 0.1) is 0 Å². The van der Waals surface area contributed by atoms with Gasteiger partial charge in [0.25, 0.3) is 0 Å². The lowest BCUT2D eigenvalue weighted by Gasteiger charge is -2.03. The van der Waals surface area contributed by atoms with E-state index >= 15 is 0 Å². The third-order valence-corrected chi connectivity index (χ3v) is 2.93. The van der Waals surface area contributed by atoms with Crippen molar-refractivity contribution < 1.29 is 4.74 Å². The number of halogens is 1. The summed E-state index contributed by atoms with van der Waals surface area (Å²) in [5.74, 6) is 0.824. The van der Waals surface area contributed by atoms with Gasteiger partial charge in [-0.1, -0.05) is 28.9 Å². The number of benzene rings is 1. The molecule has 0 aliphatic carbocycles. The summed E-state index contributed by atoms with van der Waals surface area (Å²) in [4.78, 5) is 0. The second kappa shape index (κ2) is 4.30. The minimum absolute atomic E-state index is 0.408. The Hall–Kier alpha value is -2.08. The second-order valence-electron chi connectivity index (χ2n) is 3.80. The maximum atomic E-state index is 5.88. The number of hydrogen-bond acceptors (Lipinski definition) is 4. The average Bonchev–Trinajstić information content (AvgIpc) is 2.95. The molecule has 92 valence electrons. The van der Waals surface area contributed by atoms with Crippen LogP contribution in [0.5, 0.6) is 5.75 Å². The van der Waals surface area contributed by atoms with Crippen LogP contribution < -0.4 is 4.74 Å². The van der Waals surface area contributed by atoms with Gasteiger partial charge in [0.15, 0.2) is 10.7 Å². The molecule has 1 N–H and O–H groups in total. The van der Waals surface area contributed by atoms with Crippen LogP contribution in [0.15, 0.2) is 24.3 Å². The number of aromatic amines is 1. The summed E-state index contributed by atoms with van der Waals surface area (Å²) in [5, 5.41) is 15.1. The Balaban J connectivity index is 1.91. The lowest BCUT2D eigenvalue weighted by molar-refractivity contribution is 0.414. The number of H-pyrrole nitrogens is 1. The zero-order valence-corrected chi connectivity index (χ0v) is 10.3. The van der Waals surface area contributed by atoms with Crippen molar-refractivity contribution in [2.45, 2.75) is 6.54 Å². The highest BCUT2D eigenvalue weighted by Gasteiger charge is 2.11. The number of methoxy groups -OCH3 is 1. The first-order valence-corrected chi connectivity index (χ1v) is 5.71. The Labute approximate surface area is 108 Å². The molecule has 0 saturated carbocycles. The summed E-state index contributed by atoms with van der Waals surface area (Å²) < 4.78 is 6.80. The molecule has 0 aliphatic heterocycles. The highest BCUT2D eigenvalue weighted by molar-refractivity contribution is 6.33. The van der Waals surface area contributed by atoms with Crippen molar-refractivity contribution in [2.24, 2.45) is 0 Å². The first-order chi connectivity index (χ1) is 8.78. The van der Waals surface area contributed by atoms with Crippen LogP contribution in [0.4, 0.5) is 0 Å². The normalized spacial score (nSPS) is 11.0. The SMILES string of the molecule is COc1ccc(Cn2nnc3c(Cl)[nH]nc32)cc1. The molecule has 0 aliphatic rings. The van der Waals surface area contributed by atoms with Crippen LogP contribution in [-0.2, 0) is 6.54 Å². The van der Waals surface area contributed by atoms with E-state index in [4.69, 9.17) is 16.3 Å². The minimum atomic E-state index is 0.408. The van der Waals surface area contributed by atoms with E-state index in [0.717, 1.165) is 11.3 Å². The van der Waals surface area contributed by atoms with Gasteiger partial charge < -0.3 is 4.74 Å². The fraction of sp³-hybridized carbons (Fsp3) is 0.182. The topological polar surface area (TPSA) is 68.6 Å². The fourth-order valence-electron chi connectivity index (χ4n) is 1.73. The van der Waals surface area contributed by atoms with Crippen molar-refractivity contribution in [2.75, 3.05) is 7.11 Å². The first-order valence-electron chi connectivity index (χ1n) is 5.34. The molecule has 0 atom stereocenters. The molecule has 0 unspecified atom stereocenters. The number of ether oxygens (including phenoxy) is 1. The molecule has 18 heavy (non-hydrogen) atoms. The van der Waals surface area contributed by atoms with Gasteiger partial charge >= 0.3 is 0 Å². The van der Waals surface area contributed by atoms with Crippen LogP contribution in [-0.4, -0.2) is 32.3 Å². The smallest absolute Gasteiger partial charge is 0.201 e. The van der Waals surface area contributed by atoms with Gasteiger partial charge in [0, 0.05) is 0 Å². The third kappa shape index (κ3) is 1.80. The summed E-state index contributed by atoms with van der Waals surface area (Å²) in [6.45, 7) is 0.585. The quantitative estimate of drug-likeness (QED) is 0.783. The van der Waals surface area contributed by atoms with Crippen LogP contribution in [0.3, 0.4) is 0 Å². The Kier molecular flexibility index (Phi) is 2.64. The van der Waals surface area contributed by atoms with Gasteiger partial charge in [0.2, 0.25) is 5.65 Å². The molecule has 6 nitrogen and oxygen atoms in total. The molecule has 0 bridgehead atoms. The van der Waals surface area contributed by atoms with Crippen molar-refractivity contribution in [3.8, 4) is 5.75 Å². The van der Waals surface area contributed by atoms with Crippen LogP contribution in [0.1, 0.15) is 5.56 Å². The standard InChI is InChI=1S/C11H10ClN5O/c1-18-8-4-2-7(3-5-8)6-17-11-9(13-16-17)10(12)14-15-11/h2-5H,6H2,1H3,(H,14,15). The number of rotatable bonds is 3. The Morgan fingerprint density at radius 3 is 2.83 bits per heavy atom. The predicted octanol–water partition coefficient (Wildman–Crippen LogP) is 1.86. The van der Waals surface area contributed by atoms with Crippen LogP contribution in [0.25, 0.3) is 11.2 Å². The lowest BCUT2D eigenvalue weighted by Crippen LogP contribution is -2.02. The third-order valence-electron chi connectivity index (χ3n) is 2.67. The summed E-state index contributed by atoms with van der Waals surface area (Å²) in [7, 11) is 1.64. The Morgan fingerprint density at radius 2 is 2.11 bits per heavy atom. The fourth-order valence-corrected chi connectivity index (χ4v) is 1.89. The maximum Gasteiger partial charge on any atom is 0.201 e. The van der Waals surface area contributed by atoms with Crippen molar-refractivity contribution in [3.63, 3.8) is 0 Å². The van der Waals surface area contributed by atoms with Gasteiger partial charge in [0.1, 0.15) is 5.75 Å². The number of nitrogens with one attached hydrogen (secondary N) is 1. The van der Waals surface area contributed by atoms with E-state index in [2.05, 4.69) is 20.5 Å². The van der Waals surface area contributed by atoms with Crippen molar-refractivity contribution >= 4 is 22.8 Å². The van der Waals surface area contributed by atoms with Crippen molar-refractivity contribution in [3.05, 3.63) is 35.0 Å². The summed E-state index contributed by atoms with van der Waals surface area (Å²) in [6, 6.07) is 7.75. The Bertz CT molecular complexity index is 672. The van der Waals surface area contributed by atoms with Crippen LogP contribution in [0.2, 0.25) is 5.15 Å². The second-order valence-corrected chi connectivity index (χ2v) is 4.18. The highest BCUT2D eigenvalue weighted by Crippen LogP contribution is 2.18. The molecule has 2 heterocycles. The van der Waals surface area contributed by atoms with E-state index < -0.39 is 0 Å². The number of hydrogen-bond donors (Lipinski definition) is 1. The molecule has 2 aromatic heterocycles. The van der Waals surface area contributed by atoms with Crippen molar-refractivity contribution in [1.82, 2.24) is 25.2 Å². The van der Waals surface area contributed by atoms with E-state index in [0.29, 0.717) is 22.9 Å². The van der Waals surface area contributed by atoms with Crippen LogP contribution >= 0.6 is 11.6 Å². The van der Waals surface area contributed by atoms with Gasteiger partial charge in [-0.2, -0.15) is 5.10 Å². The zero-order chi connectivity index (χ0) is 12.5. The highest BCUT2D eigenvalue weighted by atomic mass is 35.5. The van der Waals surface area contributed by atoms with E-state index in [1.54, 1.807) is 11.8 Å². The molecule has 0 radical (unpaired) electrons. The molecule has 0 fully saturated rings. The maximum absolute atomic E-state index is 5.88. The molecular formula is C11H10ClN5O.